The highest BCUT2D eigenvalue weighted by Crippen LogP contribution is 2.07. The topological polar surface area (TPSA) is 12.4 Å². The molecule has 0 amide bonds. The molecule has 0 aliphatic rings. The zero-order valence-corrected chi connectivity index (χ0v) is 9.91. The minimum Gasteiger partial charge on any atom is -0.268 e. The van der Waals surface area contributed by atoms with Crippen LogP contribution in [0.5, 0.6) is 0 Å². The highest BCUT2D eigenvalue weighted by molar-refractivity contribution is 5.57. The molecule has 0 heterocycles. The van der Waals surface area contributed by atoms with Gasteiger partial charge in [0.1, 0.15) is 0 Å². The predicted molar refractivity (Wildman–Crippen MR) is 69.1 cm³/mol. The SMILES string of the molecule is C#C/C=C\N=CCCCCCCCCC. The van der Waals surface area contributed by atoms with Gasteiger partial charge in [-0.15, -0.1) is 6.42 Å². The molecule has 0 aliphatic carbocycles. The van der Waals surface area contributed by atoms with Crippen LogP contribution in [-0.2, 0) is 0 Å². The molecule has 0 saturated carbocycles. The number of aliphatic imine (C=N–C) groups is 1. The van der Waals surface area contributed by atoms with Crippen molar-refractivity contribution < 1.29 is 0 Å². The molecule has 0 rings (SSSR count). The number of terminal acetylenes is 1. The molecule has 0 aromatic rings. The molecule has 0 unspecified atom stereocenters. The Kier molecular flexibility index (Phi) is 12.1. The van der Waals surface area contributed by atoms with Crippen molar-refractivity contribution in [2.75, 3.05) is 0 Å². The van der Waals surface area contributed by atoms with Crippen LogP contribution in [0.25, 0.3) is 0 Å². The van der Waals surface area contributed by atoms with Crippen molar-refractivity contribution in [2.45, 2.75) is 58.3 Å². The van der Waals surface area contributed by atoms with Gasteiger partial charge < -0.3 is 0 Å². The van der Waals surface area contributed by atoms with Gasteiger partial charge in [-0.3, -0.25) is 4.99 Å². The lowest BCUT2D eigenvalue weighted by atomic mass is 10.1. The number of rotatable bonds is 9. The van der Waals surface area contributed by atoms with Crippen molar-refractivity contribution in [1.29, 1.82) is 0 Å². The van der Waals surface area contributed by atoms with Crippen LogP contribution in [0.4, 0.5) is 0 Å². The quantitative estimate of drug-likeness (QED) is 0.301. The largest absolute Gasteiger partial charge is 0.268 e. The van der Waals surface area contributed by atoms with Gasteiger partial charge in [0.05, 0.1) is 0 Å². The first-order valence-electron chi connectivity index (χ1n) is 6.04. The van der Waals surface area contributed by atoms with E-state index in [0.717, 1.165) is 6.42 Å². The first-order valence-corrected chi connectivity index (χ1v) is 6.04. The van der Waals surface area contributed by atoms with Crippen molar-refractivity contribution in [1.82, 2.24) is 0 Å². The maximum absolute atomic E-state index is 5.04. The summed E-state index contributed by atoms with van der Waals surface area (Å²) in [6.07, 6.45) is 20.8. The molecule has 0 fully saturated rings. The van der Waals surface area contributed by atoms with E-state index in [2.05, 4.69) is 17.8 Å². The molecule has 1 heteroatoms. The van der Waals surface area contributed by atoms with E-state index in [1.807, 2.05) is 6.21 Å². The number of nitrogens with zero attached hydrogens (tertiary/aromatic N) is 1. The molecule has 0 saturated heterocycles. The van der Waals surface area contributed by atoms with Crippen molar-refractivity contribution in [2.24, 2.45) is 4.99 Å². The van der Waals surface area contributed by atoms with E-state index in [4.69, 9.17) is 6.42 Å². The molecule has 84 valence electrons. The lowest BCUT2D eigenvalue weighted by Crippen LogP contribution is -1.80. The van der Waals surface area contributed by atoms with Gasteiger partial charge in [-0.05, 0) is 12.8 Å². The summed E-state index contributed by atoms with van der Waals surface area (Å²) in [5.41, 5.74) is 0. The first-order chi connectivity index (χ1) is 7.41. The Bertz CT molecular complexity index is 208. The van der Waals surface area contributed by atoms with Crippen LogP contribution in [-0.4, -0.2) is 6.21 Å². The van der Waals surface area contributed by atoms with E-state index in [0.29, 0.717) is 0 Å². The van der Waals surface area contributed by atoms with Gasteiger partial charge in [0.2, 0.25) is 0 Å². The summed E-state index contributed by atoms with van der Waals surface area (Å²) >= 11 is 0. The Morgan fingerprint density at radius 1 is 1.07 bits per heavy atom. The minimum atomic E-state index is 1.07. The second-order valence-corrected chi connectivity index (χ2v) is 3.72. The molecule has 0 spiro atoms. The summed E-state index contributed by atoms with van der Waals surface area (Å²) < 4.78 is 0. The summed E-state index contributed by atoms with van der Waals surface area (Å²) in [5.74, 6) is 2.40. The molecule has 0 N–H and O–H groups in total. The van der Waals surface area contributed by atoms with Crippen molar-refractivity contribution in [3.63, 3.8) is 0 Å². The van der Waals surface area contributed by atoms with Crippen LogP contribution in [0.3, 0.4) is 0 Å². The van der Waals surface area contributed by atoms with Crippen LogP contribution in [0.15, 0.2) is 17.3 Å². The summed E-state index contributed by atoms with van der Waals surface area (Å²) in [7, 11) is 0. The molecule has 0 aliphatic heterocycles. The third-order valence-corrected chi connectivity index (χ3v) is 2.30. The van der Waals surface area contributed by atoms with E-state index in [1.165, 1.54) is 44.9 Å². The highest BCUT2D eigenvalue weighted by atomic mass is 14.7. The average Bonchev–Trinajstić information content (AvgIpc) is 2.26. The first kappa shape index (κ1) is 14.0. The molecule has 15 heavy (non-hydrogen) atoms. The summed E-state index contributed by atoms with van der Waals surface area (Å²) in [4.78, 5) is 4.06. The summed E-state index contributed by atoms with van der Waals surface area (Å²) in [6.45, 7) is 2.25. The van der Waals surface area contributed by atoms with Gasteiger partial charge in [0.25, 0.3) is 0 Å². The number of hydrogen-bond donors (Lipinski definition) is 0. The van der Waals surface area contributed by atoms with E-state index in [1.54, 1.807) is 12.3 Å². The number of hydrogen-bond acceptors (Lipinski definition) is 1. The fourth-order valence-electron chi connectivity index (χ4n) is 1.41. The lowest BCUT2D eigenvalue weighted by Gasteiger charge is -1.98. The van der Waals surface area contributed by atoms with Crippen LogP contribution in [0.1, 0.15) is 58.3 Å². The molecule has 0 aromatic heterocycles. The molecule has 0 bridgehead atoms. The Hall–Kier alpha value is -1.03. The van der Waals surface area contributed by atoms with Gasteiger partial charge in [-0.1, -0.05) is 51.4 Å². The Morgan fingerprint density at radius 3 is 2.40 bits per heavy atom. The predicted octanol–water partition coefficient (Wildman–Crippen LogP) is 4.34. The average molecular weight is 205 g/mol. The van der Waals surface area contributed by atoms with Crippen molar-refractivity contribution >= 4 is 6.21 Å². The molecular weight excluding hydrogens is 182 g/mol. The van der Waals surface area contributed by atoms with Gasteiger partial charge in [-0.2, -0.15) is 0 Å². The molecule has 0 atom stereocenters. The van der Waals surface area contributed by atoms with Gasteiger partial charge in [-0.25, -0.2) is 0 Å². The van der Waals surface area contributed by atoms with E-state index in [9.17, 15) is 0 Å². The third-order valence-electron chi connectivity index (χ3n) is 2.30. The van der Waals surface area contributed by atoms with E-state index < -0.39 is 0 Å². The van der Waals surface area contributed by atoms with Crippen molar-refractivity contribution in [3.8, 4) is 12.3 Å². The van der Waals surface area contributed by atoms with Crippen LogP contribution in [0, 0.1) is 12.3 Å². The second kappa shape index (κ2) is 13.0. The van der Waals surface area contributed by atoms with Crippen LogP contribution in [0.2, 0.25) is 0 Å². The van der Waals surface area contributed by atoms with Crippen LogP contribution >= 0.6 is 0 Å². The normalized spacial score (nSPS) is 11.2. The molecule has 0 radical (unpaired) electrons. The van der Waals surface area contributed by atoms with E-state index in [-0.39, 0.29) is 0 Å². The molecular formula is C14H23N. The van der Waals surface area contributed by atoms with Crippen molar-refractivity contribution in [3.05, 3.63) is 12.3 Å². The summed E-state index contributed by atoms with van der Waals surface area (Å²) in [6, 6.07) is 0. The zero-order valence-electron chi connectivity index (χ0n) is 9.91. The number of allylic oxidation sites excluding steroid dienone is 1. The lowest BCUT2D eigenvalue weighted by molar-refractivity contribution is 0.596. The third kappa shape index (κ3) is 13.0. The highest BCUT2D eigenvalue weighted by Gasteiger charge is 1.88. The second-order valence-electron chi connectivity index (χ2n) is 3.72. The monoisotopic (exact) mass is 205 g/mol. The Morgan fingerprint density at radius 2 is 1.73 bits per heavy atom. The smallest absolute Gasteiger partial charge is 0.0347 e. The van der Waals surface area contributed by atoms with E-state index >= 15 is 0 Å². The standard InChI is InChI=1S/C14H23N/c1-3-5-7-8-9-10-11-12-14-15-13-6-4-2/h2,6,13-14H,3,5,7-12H2,1H3/b13-6-,15-14?. The van der Waals surface area contributed by atoms with Gasteiger partial charge >= 0.3 is 0 Å². The fraction of sp³-hybridized carbons (Fsp3) is 0.643. The molecule has 0 aromatic carbocycles. The number of unbranched alkanes of at least 4 members (excludes halogenated alkanes) is 7. The zero-order chi connectivity index (χ0) is 11.2. The van der Waals surface area contributed by atoms with Gasteiger partial charge in [0, 0.05) is 18.5 Å². The van der Waals surface area contributed by atoms with Gasteiger partial charge in [0.15, 0.2) is 0 Å². The Balaban J connectivity index is 3.08. The fourth-order valence-corrected chi connectivity index (χ4v) is 1.41. The molecule has 1 nitrogen and oxygen atoms in total. The minimum absolute atomic E-state index is 1.07. The maximum Gasteiger partial charge on any atom is 0.0347 e. The maximum atomic E-state index is 5.04. The summed E-state index contributed by atoms with van der Waals surface area (Å²) in [5, 5.41) is 0. The Labute approximate surface area is 94.7 Å². The van der Waals surface area contributed by atoms with Crippen LogP contribution < -0.4 is 0 Å².